The fourth-order valence-corrected chi connectivity index (χ4v) is 3.50. The van der Waals surface area contributed by atoms with Gasteiger partial charge in [0, 0.05) is 23.9 Å². The van der Waals surface area contributed by atoms with Crippen LogP contribution >= 0.6 is 11.6 Å². The number of hydrogen-bond acceptors (Lipinski definition) is 1. The van der Waals surface area contributed by atoms with E-state index in [9.17, 15) is 4.79 Å². The van der Waals surface area contributed by atoms with Crippen molar-refractivity contribution in [1.29, 1.82) is 0 Å². The van der Waals surface area contributed by atoms with E-state index in [0.29, 0.717) is 17.8 Å². The molecular formula is C14H24ClNO. The first-order chi connectivity index (χ1) is 8.23. The van der Waals surface area contributed by atoms with Crippen molar-refractivity contribution in [3.8, 4) is 0 Å². The number of hydrogen-bond donors (Lipinski definition) is 0. The predicted octanol–water partition coefficient (Wildman–Crippen LogP) is 3.58. The lowest BCUT2D eigenvalue weighted by Gasteiger charge is -2.42. The molecule has 0 N–H and O–H groups in total. The van der Waals surface area contributed by atoms with E-state index in [4.69, 9.17) is 11.6 Å². The number of carbonyl (C=O) groups excluding carboxylic acids is 1. The van der Waals surface area contributed by atoms with Gasteiger partial charge in [-0.25, -0.2) is 0 Å². The summed E-state index contributed by atoms with van der Waals surface area (Å²) in [6.07, 6.45) is 9.26. The van der Waals surface area contributed by atoms with Crippen molar-refractivity contribution in [2.75, 3.05) is 12.4 Å². The molecule has 0 radical (unpaired) electrons. The van der Waals surface area contributed by atoms with Crippen molar-refractivity contribution in [3.05, 3.63) is 0 Å². The molecule has 1 amide bonds. The van der Waals surface area contributed by atoms with Crippen molar-refractivity contribution in [2.24, 2.45) is 5.41 Å². The van der Waals surface area contributed by atoms with Gasteiger partial charge in [0.05, 0.1) is 0 Å². The molecule has 3 heteroatoms. The Balaban J connectivity index is 2.08. The minimum absolute atomic E-state index is 0.0400. The Morgan fingerprint density at radius 3 is 2.35 bits per heavy atom. The highest BCUT2D eigenvalue weighted by Gasteiger charge is 2.44. The van der Waals surface area contributed by atoms with E-state index in [-0.39, 0.29) is 5.41 Å². The predicted molar refractivity (Wildman–Crippen MR) is 71.3 cm³/mol. The zero-order valence-electron chi connectivity index (χ0n) is 10.9. The molecule has 98 valence electrons. The Kier molecular flexibility index (Phi) is 4.35. The zero-order chi connectivity index (χ0) is 12.3. The Bertz CT molecular complexity index is 269. The van der Waals surface area contributed by atoms with Crippen LogP contribution < -0.4 is 0 Å². The van der Waals surface area contributed by atoms with E-state index in [1.54, 1.807) is 0 Å². The maximum Gasteiger partial charge on any atom is 0.229 e. The van der Waals surface area contributed by atoms with E-state index in [1.807, 2.05) is 0 Å². The summed E-state index contributed by atoms with van der Waals surface area (Å²) in [5.41, 5.74) is -0.0400. The first kappa shape index (κ1) is 13.2. The van der Waals surface area contributed by atoms with Gasteiger partial charge in [0.1, 0.15) is 0 Å². The lowest BCUT2D eigenvalue weighted by molar-refractivity contribution is -0.146. The minimum Gasteiger partial charge on any atom is -0.338 e. The fraction of sp³-hybridized carbons (Fsp3) is 0.929. The maximum atomic E-state index is 12.8. The van der Waals surface area contributed by atoms with Crippen molar-refractivity contribution >= 4 is 17.5 Å². The van der Waals surface area contributed by atoms with Gasteiger partial charge in [-0.1, -0.05) is 19.8 Å². The smallest absolute Gasteiger partial charge is 0.229 e. The van der Waals surface area contributed by atoms with Gasteiger partial charge in [-0.2, -0.15) is 0 Å². The van der Waals surface area contributed by atoms with Crippen molar-refractivity contribution in [3.63, 3.8) is 0 Å². The van der Waals surface area contributed by atoms with Crippen molar-refractivity contribution < 1.29 is 4.79 Å². The van der Waals surface area contributed by atoms with Gasteiger partial charge in [-0.3, -0.25) is 4.79 Å². The molecule has 2 saturated carbocycles. The Morgan fingerprint density at radius 1 is 1.29 bits per heavy atom. The highest BCUT2D eigenvalue weighted by Crippen LogP contribution is 2.43. The quantitative estimate of drug-likeness (QED) is 0.690. The van der Waals surface area contributed by atoms with Gasteiger partial charge in [0.25, 0.3) is 0 Å². The first-order valence-electron chi connectivity index (χ1n) is 7.10. The lowest BCUT2D eigenvalue weighted by Crippen LogP contribution is -2.51. The average Bonchev–Trinajstić information content (AvgIpc) is 2.75. The molecule has 2 nitrogen and oxygen atoms in total. The Morgan fingerprint density at radius 2 is 1.94 bits per heavy atom. The zero-order valence-corrected chi connectivity index (χ0v) is 11.6. The van der Waals surface area contributed by atoms with Crippen LogP contribution in [0.2, 0.25) is 0 Å². The summed E-state index contributed by atoms with van der Waals surface area (Å²) in [6, 6.07) is 0.491. The van der Waals surface area contributed by atoms with E-state index in [1.165, 1.54) is 32.1 Å². The van der Waals surface area contributed by atoms with Crippen molar-refractivity contribution in [1.82, 2.24) is 4.90 Å². The molecule has 0 unspecified atom stereocenters. The highest BCUT2D eigenvalue weighted by atomic mass is 35.5. The second kappa shape index (κ2) is 5.60. The summed E-state index contributed by atoms with van der Waals surface area (Å²) >= 11 is 5.87. The van der Waals surface area contributed by atoms with Crippen LogP contribution in [0.1, 0.15) is 58.3 Å². The molecular weight excluding hydrogens is 234 g/mol. The number of alkyl halides is 1. The normalized spacial score (nSPS) is 23.4. The van der Waals surface area contributed by atoms with E-state index in [0.717, 1.165) is 25.8 Å². The first-order valence-corrected chi connectivity index (χ1v) is 7.64. The summed E-state index contributed by atoms with van der Waals surface area (Å²) in [6.45, 7) is 2.91. The summed E-state index contributed by atoms with van der Waals surface area (Å²) in [5.74, 6) is 0.977. The third-order valence-corrected chi connectivity index (χ3v) is 4.96. The highest BCUT2D eigenvalue weighted by molar-refractivity contribution is 6.18. The Labute approximate surface area is 110 Å². The van der Waals surface area contributed by atoms with E-state index < -0.39 is 0 Å². The molecule has 0 aromatic heterocycles. The van der Waals surface area contributed by atoms with Crippen LogP contribution in [0.3, 0.4) is 0 Å². The lowest BCUT2D eigenvalue weighted by atomic mass is 9.80. The van der Waals surface area contributed by atoms with Gasteiger partial charge in [0.2, 0.25) is 5.91 Å². The van der Waals surface area contributed by atoms with Gasteiger partial charge < -0.3 is 4.90 Å². The number of carbonyl (C=O) groups is 1. The van der Waals surface area contributed by atoms with Crippen molar-refractivity contribution in [2.45, 2.75) is 64.3 Å². The molecule has 0 aromatic carbocycles. The summed E-state index contributed by atoms with van der Waals surface area (Å²) < 4.78 is 0. The summed E-state index contributed by atoms with van der Waals surface area (Å²) in [5, 5.41) is 0. The van der Waals surface area contributed by atoms with Crippen LogP contribution in [-0.2, 0) is 4.79 Å². The molecule has 2 rings (SSSR count). The molecule has 2 aliphatic carbocycles. The third kappa shape index (κ3) is 2.47. The summed E-state index contributed by atoms with van der Waals surface area (Å²) in [7, 11) is 0. The second-order valence-electron chi connectivity index (χ2n) is 5.61. The monoisotopic (exact) mass is 257 g/mol. The molecule has 0 heterocycles. The molecule has 0 aromatic rings. The molecule has 0 bridgehead atoms. The number of amides is 1. The van der Waals surface area contributed by atoms with Gasteiger partial charge >= 0.3 is 0 Å². The minimum atomic E-state index is -0.0400. The molecule has 0 spiro atoms. The van der Waals surface area contributed by atoms with Crippen LogP contribution in [0.5, 0.6) is 0 Å². The molecule has 0 saturated heterocycles. The van der Waals surface area contributed by atoms with Crippen LogP contribution in [0.15, 0.2) is 0 Å². The SMILES string of the molecule is CCC1(C(=O)N(CCCl)C2CCC2)CCCC1. The molecule has 0 atom stereocenters. The molecule has 2 aliphatic rings. The molecule has 17 heavy (non-hydrogen) atoms. The summed E-state index contributed by atoms with van der Waals surface area (Å²) in [4.78, 5) is 14.9. The van der Waals surface area contributed by atoms with Crippen LogP contribution in [0.4, 0.5) is 0 Å². The maximum absolute atomic E-state index is 12.8. The number of nitrogens with zero attached hydrogens (tertiary/aromatic N) is 1. The third-order valence-electron chi connectivity index (χ3n) is 4.79. The Hall–Kier alpha value is -0.240. The van der Waals surface area contributed by atoms with Crippen LogP contribution in [0.25, 0.3) is 0 Å². The average molecular weight is 258 g/mol. The van der Waals surface area contributed by atoms with Crippen LogP contribution in [-0.4, -0.2) is 29.3 Å². The fourth-order valence-electron chi connectivity index (χ4n) is 3.31. The standard InChI is InChI=1S/C14H24ClNO/c1-2-14(8-3-4-9-14)13(17)16(11-10-15)12-6-5-7-12/h12H,2-11H2,1H3. The molecule has 2 fully saturated rings. The molecule has 0 aliphatic heterocycles. The topological polar surface area (TPSA) is 20.3 Å². The number of halogens is 1. The number of rotatable bonds is 5. The van der Waals surface area contributed by atoms with E-state index >= 15 is 0 Å². The van der Waals surface area contributed by atoms with Crippen LogP contribution in [0, 0.1) is 5.41 Å². The largest absolute Gasteiger partial charge is 0.338 e. The van der Waals surface area contributed by atoms with Gasteiger partial charge in [0.15, 0.2) is 0 Å². The van der Waals surface area contributed by atoms with E-state index in [2.05, 4.69) is 11.8 Å². The van der Waals surface area contributed by atoms with Gasteiger partial charge in [-0.15, -0.1) is 11.6 Å². The van der Waals surface area contributed by atoms with Gasteiger partial charge in [-0.05, 0) is 38.5 Å². The second-order valence-corrected chi connectivity index (χ2v) is 5.99.